The molecule has 1 aromatic heterocycles. The summed E-state index contributed by atoms with van der Waals surface area (Å²) >= 11 is 0. The SMILES string of the molecule is CNc1cncc(C(=O)NC2CCC(=O)NC2)n1. The summed E-state index contributed by atoms with van der Waals surface area (Å²) in [5, 5.41) is 8.35. The molecule has 1 fully saturated rings. The molecule has 0 spiro atoms. The molecule has 3 N–H and O–H groups in total. The van der Waals surface area contributed by atoms with Crippen LogP contribution in [0.25, 0.3) is 0 Å². The maximum atomic E-state index is 11.9. The summed E-state index contributed by atoms with van der Waals surface area (Å²) < 4.78 is 0. The molecule has 2 rings (SSSR count). The molecule has 0 bridgehead atoms. The Bertz CT molecular complexity index is 453. The maximum Gasteiger partial charge on any atom is 0.271 e. The normalized spacial score (nSPS) is 18.9. The second kappa shape index (κ2) is 5.44. The predicted octanol–water partition coefficient (Wildman–Crippen LogP) is -0.473. The van der Waals surface area contributed by atoms with E-state index in [2.05, 4.69) is 25.9 Å². The molecule has 0 aliphatic carbocycles. The molecule has 1 aliphatic rings. The molecule has 1 saturated heterocycles. The van der Waals surface area contributed by atoms with Gasteiger partial charge in [-0.15, -0.1) is 0 Å². The number of hydrogen-bond donors (Lipinski definition) is 3. The van der Waals surface area contributed by atoms with Crippen molar-refractivity contribution in [3.8, 4) is 0 Å². The van der Waals surface area contributed by atoms with Gasteiger partial charge in [-0.05, 0) is 6.42 Å². The quantitative estimate of drug-likeness (QED) is 0.673. The first-order chi connectivity index (χ1) is 8.69. The fourth-order valence-electron chi connectivity index (χ4n) is 1.71. The standard InChI is InChI=1S/C11H15N5O2/c1-12-9-6-13-5-8(16-9)11(18)15-7-2-3-10(17)14-4-7/h5-7H,2-4H2,1H3,(H,12,16)(H,14,17)(H,15,18). The van der Waals surface area contributed by atoms with Crippen molar-refractivity contribution < 1.29 is 9.59 Å². The van der Waals surface area contributed by atoms with Gasteiger partial charge in [-0.1, -0.05) is 0 Å². The van der Waals surface area contributed by atoms with E-state index < -0.39 is 0 Å². The van der Waals surface area contributed by atoms with Gasteiger partial charge in [0.15, 0.2) is 0 Å². The summed E-state index contributed by atoms with van der Waals surface area (Å²) in [4.78, 5) is 30.9. The molecular weight excluding hydrogens is 234 g/mol. The summed E-state index contributed by atoms with van der Waals surface area (Å²) in [5.74, 6) is 0.290. The lowest BCUT2D eigenvalue weighted by molar-refractivity contribution is -0.122. The van der Waals surface area contributed by atoms with Crippen LogP contribution >= 0.6 is 0 Å². The lowest BCUT2D eigenvalue weighted by Gasteiger charge is -2.23. The van der Waals surface area contributed by atoms with Crippen molar-refractivity contribution in [1.29, 1.82) is 0 Å². The van der Waals surface area contributed by atoms with E-state index in [4.69, 9.17) is 0 Å². The number of anilines is 1. The first kappa shape index (κ1) is 12.3. The average molecular weight is 249 g/mol. The maximum absolute atomic E-state index is 11.9. The predicted molar refractivity (Wildman–Crippen MR) is 65.1 cm³/mol. The van der Waals surface area contributed by atoms with Crippen molar-refractivity contribution in [2.75, 3.05) is 18.9 Å². The molecule has 1 aromatic rings. The van der Waals surface area contributed by atoms with E-state index in [-0.39, 0.29) is 23.6 Å². The number of rotatable bonds is 3. The highest BCUT2D eigenvalue weighted by Crippen LogP contribution is 2.05. The zero-order valence-electron chi connectivity index (χ0n) is 10.1. The zero-order valence-corrected chi connectivity index (χ0v) is 10.1. The molecule has 1 atom stereocenters. The molecule has 2 heterocycles. The van der Waals surface area contributed by atoms with E-state index in [9.17, 15) is 9.59 Å². The molecule has 2 amide bonds. The number of carbonyl (C=O) groups is 2. The van der Waals surface area contributed by atoms with E-state index in [1.54, 1.807) is 7.05 Å². The van der Waals surface area contributed by atoms with Gasteiger partial charge in [0.25, 0.3) is 5.91 Å². The summed E-state index contributed by atoms with van der Waals surface area (Å²) in [7, 11) is 1.71. The Morgan fingerprint density at radius 2 is 2.33 bits per heavy atom. The van der Waals surface area contributed by atoms with Crippen LogP contribution in [0, 0.1) is 0 Å². The summed E-state index contributed by atoms with van der Waals surface area (Å²) in [6.07, 6.45) is 4.04. The van der Waals surface area contributed by atoms with Gasteiger partial charge in [0.2, 0.25) is 5.91 Å². The Balaban J connectivity index is 1.96. The highest BCUT2D eigenvalue weighted by Gasteiger charge is 2.20. The van der Waals surface area contributed by atoms with Gasteiger partial charge in [0, 0.05) is 26.1 Å². The van der Waals surface area contributed by atoms with E-state index in [1.165, 1.54) is 12.4 Å². The van der Waals surface area contributed by atoms with Crippen LogP contribution in [-0.2, 0) is 4.79 Å². The van der Waals surface area contributed by atoms with Gasteiger partial charge in [-0.25, -0.2) is 4.98 Å². The van der Waals surface area contributed by atoms with Crippen molar-refractivity contribution in [2.24, 2.45) is 0 Å². The van der Waals surface area contributed by atoms with Gasteiger partial charge in [0.05, 0.1) is 12.4 Å². The van der Waals surface area contributed by atoms with Crippen LogP contribution < -0.4 is 16.0 Å². The highest BCUT2D eigenvalue weighted by molar-refractivity contribution is 5.92. The Morgan fingerprint density at radius 3 is 3.00 bits per heavy atom. The van der Waals surface area contributed by atoms with Gasteiger partial charge < -0.3 is 16.0 Å². The average Bonchev–Trinajstić information content (AvgIpc) is 2.41. The first-order valence-electron chi connectivity index (χ1n) is 5.76. The van der Waals surface area contributed by atoms with Crippen molar-refractivity contribution in [3.05, 3.63) is 18.1 Å². The van der Waals surface area contributed by atoms with Gasteiger partial charge in [-0.2, -0.15) is 0 Å². The third-order valence-electron chi connectivity index (χ3n) is 2.72. The van der Waals surface area contributed by atoms with Crippen molar-refractivity contribution in [2.45, 2.75) is 18.9 Å². The van der Waals surface area contributed by atoms with Crippen LogP contribution in [0.3, 0.4) is 0 Å². The topological polar surface area (TPSA) is 96.0 Å². The van der Waals surface area contributed by atoms with Crippen LogP contribution in [0.2, 0.25) is 0 Å². The van der Waals surface area contributed by atoms with Crippen LogP contribution in [-0.4, -0.2) is 41.4 Å². The molecule has 7 heteroatoms. The van der Waals surface area contributed by atoms with E-state index in [0.29, 0.717) is 25.2 Å². The third kappa shape index (κ3) is 2.93. The fraction of sp³-hybridized carbons (Fsp3) is 0.455. The molecule has 0 aromatic carbocycles. The molecule has 96 valence electrons. The van der Waals surface area contributed by atoms with Crippen LogP contribution in [0.15, 0.2) is 12.4 Å². The van der Waals surface area contributed by atoms with E-state index in [1.807, 2.05) is 0 Å². The number of piperidine rings is 1. The molecule has 0 saturated carbocycles. The minimum Gasteiger partial charge on any atom is -0.372 e. The number of nitrogens with one attached hydrogen (secondary N) is 3. The molecular formula is C11H15N5O2. The minimum atomic E-state index is -0.277. The zero-order chi connectivity index (χ0) is 13.0. The second-order valence-corrected chi connectivity index (χ2v) is 4.05. The third-order valence-corrected chi connectivity index (χ3v) is 2.72. The van der Waals surface area contributed by atoms with Crippen LogP contribution in [0.1, 0.15) is 23.3 Å². The number of carbonyl (C=O) groups excluding carboxylic acids is 2. The lowest BCUT2D eigenvalue weighted by atomic mass is 10.1. The summed E-state index contributed by atoms with van der Waals surface area (Å²) in [6.45, 7) is 0.462. The molecule has 1 aliphatic heterocycles. The van der Waals surface area contributed by atoms with Crippen LogP contribution in [0.5, 0.6) is 0 Å². The Hall–Kier alpha value is -2.18. The monoisotopic (exact) mass is 249 g/mol. The number of amides is 2. The van der Waals surface area contributed by atoms with Crippen molar-refractivity contribution >= 4 is 17.6 Å². The summed E-state index contributed by atoms with van der Waals surface area (Å²) in [6, 6.07) is -0.0461. The van der Waals surface area contributed by atoms with Crippen LogP contribution in [0.4, 0.5) is 5.82 Å². The molecule has 0 radical (unpaired) electrons. The smallest absolute Gasteiger partial charge is 0.271 e. The summed E-state index contributed by atoms with van der Waals surface area (Å²) in [5.41, 5.74) is 0.263. The van der Waals surface area contributed by atoms with E-state index in [0.717, 1.165) is 0 Å². The largest absolute Gasteiger partial charge is 0.372 e. The van der Waals surface area contributed by atoms with Gasteiger partial charge in [0.1, 0.15) is 11.5 Å². The van der Waals surface area contributed by atoms with Crippen molar-refractivity contribution in [1.82, 2.24) is 20.6 Å². The first-order valence-corrected chi connectivity index (χ1v) is 5.76. The molecule has 7 nitrogen and oxygen atoms in total. The Morgan fingerprint density at radius 1 is 1.50 bits per heavy atom. The van der Waals surface area contributed by atoms with Gasteiger partial charge >= 0.3 is 0 Å². The lowest BCUT2D eigenvalue weighted by Crippen LogP contribution is -2.47. The van der Waals surface area contributed by atoms with E-state index >= 15 is 0 Å². The molecule has 18 heavy (non-hydrogen) atoms. The minimum absolute atomic E-state index is 0.0254. The molecule has 1 unspecified atom stereocenters. The second-order valence-electron chi connectivity index (χ2n) is 4.05. The highest BCUT2D eigenvalue weighted by atomic mass is 16.2. The fourth-order valence-corrected chi connectivity index (χ4v) is 1.71. The number of hydrogen-bond acceptors (Lipinski definition) is 5. The Kier molecular flexibility index (Phi) is 3.71. The number of nitrogens with zero attached hydrogens (tertiary/aromatic N) is 2. The number of aromatic nitrogens is 2. The van der Waals surface area contributed by atoms with Crippen molar-refractivity contribution in [3.63, 3.8) is 0 Å². The Labute approximate surface area is 104 Å². The van der Waals surface area contributed by atoms with Gasteiger partial charge in [-0.3, -0.25) is 14.6 Å².